The number of pyridine rings is 2. The molecule has 3 heterocycles. The molecule has 0 saturated carbocycles. The predicted octanol–water partition coefficient (Wildman–Crippen LogP) is 4.38. The summed E-state index contributed by atoms with van der Waals surface area (Å²) in [5.41, 5.74) is 4.23. The van der Waals surface area contributed by atoms with E-state index < -0.39 is 0 Å². The first-order chi connectivity index (χ1) is 13.3. The van der Waals surface area contributed by atoms with Crippen LogP contribution in [0.4, 0.5) is 0 Å². The maximum absolute atomic E-state index is 12.0. The Hall–Kier alpha value is -2.92. The maximum atomic E-state index is 12.0. The zero-order valence-electron chi connectivity index (χ0n) is 16.3. The molecule has 0 spiro atoms. The van der Waals surface area contributed by atoms with Crippen LogP contribution in [0.25, 0.3) is 16.8 Å². The molecule has 4 rings (SSSR count). The second kappa shape index (κ2) is 6.60. The van der Waals surface area contributed by atoms with Gasteiger partial charge in [0.2, 0.25) is 0 Å². The van der Waals surface area contributed by atoms with Gasteiger partial charge in [0.1, 0.15) is 5.82 Å². The minimum atomic E-state index is -0.359. The number of benzene rings is 1. The van der Waals surface area contributed by atoms with Gasteiger partial charge in [-0.2, -0.15) is 0 Å². The van der Waals surface area contributed by atoms with E-state index >= 15 is 0 Å². The normalized spacial score (nSPS) is 11.9. The summed E-state index contributed by atoms with van der Waals surface area (Å²) >= 11 is 6.05. The minimum absolute atomic E-state index is 0.0127. The molecule has 0 unspecified atom stereocenters. The lowest BCUT2D eigenvalue weighted by Crippen LogP contribution is -2.22. The first-order valence-electron chi connectivity index (χ1n) is 9.06. The fourth-order valence-electron chi connectivity index (χ4n) is 3.52. The van der Waals surface area contributed by atoms with Gasteiger partial charge in [0.25, 0.3) is 5.56 Å². The van der Waals surface area contributed by atoms with E-state index in [4.69, 9.17) is 11.6 Å². The van der Waals surface area contributed by atoms with Crippen LogP contribution in [0.3, 0.4) is 0 Å². The van der Waals surface area contributed by atoms with E-state index in [1.807, 2.05) is 66.2 Å². The van der Waals surface area contributed by atoms with Crippen LogP contribution in [-0.2, 0) is 12.5 Å². The Morgan fingerprint density at radius 2 is 1.68 bits per heavy atom. The molecule has 0 bridgehead atoms. The Balaban J connectivity index is 1.87. The summed E-state index contributed by atoms with van der Waals surface area (Å²) in [6.45, 7) is 6.07. The number of aryl methyl sites for hydroxylation is 2. The third kappa shape index (κ3) is 3.02. The zero-order valence-corrected chi connectivity index (χ0v) is 17.0. The highest BCUT2D eigenvalue weighted by Gasteiger charge is 2.28. The summed E-state index contributed by atoms with van der Waals surface area (Å²) in [5, 5.41) is 9.52. The van der Waals surface area contributed by atoms with Gasteiger partial charge in [0, 0.05) is 30.0 Å². The number of nitrogens with zero attached hydrogens (tertiary/aromatic N) is 4. The lowest BCUT2D eigenvalue weighted by molar-refractivity contribution is 0.582. The molecule has 0 atom stereocenters. The molecule has 0 amide bonds. The molecule has 0 saturated heterocycles. The highest BCUT2D eigenvalue weighted by Crippen LogP contribution is 2.32. The number of fused-ring (bicyclic) bond motifs is 1. The smallest absolute Gasteiger partial charge is 0.253 e. The van der Waals surface area contributed by atoms with Gasteiger partial charge in [-0.1, -0.05) is 23.7 Å². The lowest BCUT2D eigenvalue weighted by atomic mass is 9.84. The number of aromatic nitrogens is 4. The van der Waals surface area contributed by atoms with E-state index in [1.54, 1.807) is 11.6 Å². The summed E-state index contributed by atoms with van der Waals surface area (Å²) in [6, 6.07) is 13.7. The number of hydrogen-bond acceptors (Lipinski definition) is 3. The van der Waals surface area contributed by atoms with E-state index in [-0.39, 0.29) is 11.0 Å². The highest BCUT2D eigenvalue weighted by molar-refractivity contribution is 6.30. The molecule has 142 valence electrons. The average Bonchev–Trinajstić information content (AvgIpc) is 3.10. The predicted molar refractivity (Wildman–Crippen MR) is 112 cm³/mol. The van der Waals surface area contributed by atoms with Crippen LogP contribution >= 0.6 is 11.6 Å². The Morgan fingerprint density at radius 1 is 0.964 bits per heavy atom. The van der Waals surface area contributed by atoms with E-state index in [0.717, 1.165) is 28.2 Å². The van der Waals surface area contributed by atoms with Gasteiger partial charge in [-0.25, -0.2) is 0 Å². The minimum Gasteiger partial charge on any atom is -0.318 e. The fraction of sp³-hybridized carbons (Fsp3) is 0.227. The van der Waals surface area contributed by atoms with Crippen molar-refractivity contribution in [3.8, 4) is 11.1 Å². The molecule has 0 aliphatic rings. The van der Waals surface area contributed by atoms with Crippen molar-refractivity contribution in [3.63, 3.8) is 0 Å². The van der Waals surface area contributed by atoms with Gasteiger partial charge in [-0.15, -0.1) is 10.2 Å². The average molecular weight is 393 g/mol. The summed E-state index contributed by atoms with van der Waals surface area (Å²) in [5.74, 6) is 0.841. The second-order valence-corrected chi connectivity index (χ2v) is 8.07. The van der Waals surface area contributed by atoms with Crippen LogP contribution in [0, 0.1) is 6.92 Å². The topological polar surface area (TPSA) is 52.2 Å². The zero-order chi connectivity index (χ0) is 20.1. The summed E-state index contributed by atoms with van der Waals surface area (Å²) in [7, 11) is 1.77. The molecule has 0 N–H and O–H groups in total. The Bertz CT molecular complexity index is 1210. The van der Waals surface area contributed by atoms with Crippen LogP contribution in [0.5, 0.6) is 0 Å². The van der Waals surface area contributed by atoms with Crippen LogP contribution < -0.4 is 5.56 Å². The van der Waals surface area contributed by atoms with E-state index in [1.165, 1.54) is 0 Å². The van der Waals surface area contributed by atoms with Gasteiger partial charge in [0.15, 0.2) is 5.65 Å². The van der Waals surface area contributed by atoms with Crippen molar-refractivity contribution in [2.24, 2.45) is 7.05 Å². The molecule has 3 aromatic heterocycles. The van der Waals surface area contributed by atoms with Crippen molar-refractivity contribution in [2.75, 3.05) is 0 Å². The molecule has 4 aromatic rings. The van der Waals surface area contributed by atoms with Crippen molar-refractivity contribution in [2.45, 2.75) is 26.2 Å². The van der Waals surface area contributed by atoms with Gasteiger partial charge in [-0.3, -0.25) is 9.20 Å². The first-order valence-corrected chi connectivity index (χ1v) is 9.44. The van der Waals surface area contributed by atoms with Crippen LogP contribution in [-0.4, -0.2) is 19.2 Å². The summed E-state index contributed by atoms with van der Waals surface area (Å²) in [4.78, 5) is 12.0. The number of hydrogen-bond donors (Lipinski definition) is 0. The van der Waals surface area contributed by atoms with E-state index in [9.17, 15) is 4.79 Å². The Morgan fingerprint density at radius 3 is 2.36 bits per heavy atom. The molecule has 1 aromatic carbocycles. The van der Waals surface area contributed by atoms with E-state index in [2.05, 4.69) is 24.0 Å². The molecular weight excluding hydrogens is 372 g/mol. The summed E-state index contributed by atoms with van der Waals surface area (Å²) < 4.78 is 3.63. The second-order valence-electron chi connectivity index (χ2n) is 7.63. The molecule has 0 aliphatic heterocycles. The molecule has 28 heavy (non-hydrogen) atoms. The van der Waals surface area contributed by atoms with Crippen molar-refractivity contribution in [3.05, 3.63) is 87.2 Å². The molecule has 5 nitrogen and oxygen atoms in total. The highest BCUT2D eigenvalue weighted by atomic mass is 35.5. The SMILES string of the molecule is Cc1cc(-c2ccc3nnc(C(C)(C)c4ccc(Cl)cc4)n3c2)cn(C)c1=O. The standard InChI is InChI=1S/C22H21ClN4O/c1-14-11-16(12-26(4)20(14)28)15-5-10-19-24-25-21(27(19)13-15)22(2,3)17-6-8-18(23)9-7-17/h5-13H,1-4H3. The molecule has 0 fully saturated rings. The third-order valence-electron chi connectivity index (χ3n) is 5.22. The Kier molecular flexibility index (Phi) is 4.35. The fourth-order valence-corrected chi connectivity index (χ4v) is 3.64. The molecule has 6 heteroatoms. The van der Waals surface area contributed by atoms with Crippen LogP contribution in [0.2, 0.25) is 5.02 Å². The molecule has 0 aliphatic carbocycles. The van der Waals surface area contributed by atoms with Crippen molar-refractivity contribution < 1.29 is 0 Å². The number of halogens is 1. The Labute approximate surface area is 168 Å². The summed E-state index contributed by atoms with van der Waals surface area (Å²) in [6.07, 6.45) is 3.88. The van der Waals surface area contributed by atoms with Gasteiger partial charge >= 0.3 is 0 Å². The molecule has 0 radical (unpaired) electrons. The van der Waals surface area contributed by atoms with Gasteiger partial charge in [-0.05, 0) is 67.8 Å². The largest absolute Gasteiger partial charge is 0.318 e. The monoisotopic (exact) mass is 392 g/mol. The quantitative estimate of drug-likeness (QED) is 0.519. The van der Waals surface area contributed by atoms with Crippen molar-refractivity contribution in [1.29, 1.82) is 0 Å². The van der Waals surface area contributed by atoms with Crippen LogP contribution in [0.15, 0.2) is 59.7 Å². The van der Waals surface area contributed by atoms with Gasteiger partial charge < -0.3 is 4.57 Å². The first kappa shape index (κ1) is 18.4. The maximum Gasteiger partial charge on any atom is 0.253 e. The van der Waals surface area contributed by atoms with Crippen molar-refractivity contribution >= 4 is 17.2 Å². The number of rotatable bonds is 3. The van der Waals surface area contributed by atoms with Gasteiger partial charge in [0.05, 0.1) is 5.41 Å². The molecular formula is C22H21ClN4O. The van der Waals surface area contributed by atoms with Crippen molar-refractivity contribution in [1.82, 2.24) is 19.2 Å². The van der Waals surface area contributed by atoms with Crippen LogP contribution in [0.1, 0.15) is 30.8 Å². The van der Waals surface area contributed by atoms with E-state index in [0.29, 0.717) is 10.6 Å². The third-order valence-corrected chi connectivity index (χ3v) is 5.47. The lowest BCUT2D eigenvalue weighted by Gasteiger charge is -2.23.